The van der Waals surface area contributed by atoms with Crippen LogP contribution in [-0.2, 0) is 16.8 Å². The third-order valence-electron chi connectivity index (χ3n) is 5.78. The summed E-state index contributed by atoms with van der Waals surface area (Å²) in [6.45, 7) is 4.38. The van der Waals surface area contributed by atoms with E-state index in [1.165, 1.54) is 0 Å². The van der Waals surface area contributed by atoms with Crippen LogP contribution in [0.15, 0.2) is 72.8 Å². The maximum Gasteiger partial charge on any atom is 0.343 e. The number of Topliss-reactive ketones (excluding diaryl/α,β-unsaturated/α-hetero) is 1. The number of ether oxygens (including phenoxy) is 2. The van der Waals surface area contributed by atoms with Crippen molar-refractivity contribution in [1.29, 1.82) is 0 Å². The lowest BCUT2D eigenvalue weighted by molar-refractivity contribution is 0.0472. The lowest BCUT2D eigenvalue weighted by Crippen LogP contribution is -2.27. The van der Waals surface area contributed by atoms with Crippen LogP contribution in [0.5, 0.6) is 5.75 Å². The SMILES string of the molecule is CC1(C)CCC(=O)c2cc(C(=O)Oc3ccc(C(=O)OCc4ccccc4)cc3)ccc21. The van der Waals surface area contributed by atoms with Crippen molar-refractivity contribution in [3.05, 3.63) is 101 Å². The molecule has 0 aliphatic heterocycles. The highest BCUT2D eigenvalue weighted by Gasteiger charge is 2.32. The molecule has 5 heteroatoms. The third-order valence-corrected chi connectivity index (χ3v) is 5.78. The number of rotatable bonds is 5. The molecule has 0 saturated heterocycles. The molecule has 0 amide bonds. The molecule has 5 nitrogen and oxygen atoms in total. The van der Waals surface area contributed by atoms with Gasteiger partial charge in [0.05, 0.1) is 11.1 Å². The highest BCUT2D eigenvalue weighted by atomic mass is 16.5. The van der Waals surface area contributed by atoms with Gasteiger partial charge in [0.25, 0.3) is 0 Å². The van der Waals surface area contributed by atoms with Crippen LogP contribution in [0, 0.1) is 0 Å². The molecule has 0 fully saturated rings. The van der Waals surface area contributed by atoms with Gasteiger partial charge < -0.3 is 9.47 Å². The van der Waals surface area contributed by atoms with Gasteiger partial charge in [0.2, 0.25) is 0 Å². The minimum atomic E-state index is -0.552. The van der Waals surface area contributed by atoms with Gasteiger partial charge in [-0.15, -0.1) is 0 Å². The molecule has 32 heavy (non-hydrogen) atoms. The largest absolute Gasteiger partial charge is 0.457 e. The van der Waals surface area contributed by atoms with E-state index in [-0.39, 0.29) is 17.8 Å². The van der Waals surface area contributed by atoms with Crippen LogP contribution in [0.1, 0.15) is 68.9 Å². The standard InChI is InChI=1S/C27H24O5/c1-27(2)15-14-24(28)22-16-20(10-13-23(22)27)26(30)32-21-11-8-19(9-12-21)25(29)31-17-18-6-4-3-5-7-18/h3-13,16H,14-15,17H2,1-2H3. The molecule has 0 unspecified atom stereocenters. The minimum absolute atomic E-state index is 0.0485. The maximum absolute atomic E-state index is 12.6. The van der Waals surface area contributed by atoms with E-state index in [0.717, 1.165) is 17.5 Å². The Morgan fingerprint density at radius 2 is 1.56 bits per heavy atom. The summed E-state index contributed by atoms with van der Waals surface area (Å²) < 4.78 is 10.7. The summed E-state index contributed by atoms with van der Waals surface area (Å²) in [7, 11) is 0. The van der Waals surface area contributed by atoms with E-state index in [1.807, 2.05) is 36.4 Å². The lowest BCUT2D eigenvalue weighted by Gasteiger charge is -2.31. The van der Waals surface area contributed by atoms with Crippen LogP contribution in [-0.4, -0.2) is 17.7 Å². The van der Waals surface area contributed by atoms with Crippen molar-refractivity contribution in [2.45, 2.75) is 38.7 Å². The fourth-order valence-electron chi connectivity index (χ4n) is 3.82. The average molecular weight is 428 g/mol. The first-order chi connectivity index (χ1) is 15.3. The van der Waals surface area contributed by atoms with Gasteiger partial charge in [-0.2, -0.15) is 0 Å². The van der Waals surface area contributed by atoms with Gasteiger partial charge in [0.15, 0.2) is 5.78 Å². The Bertz CT molecular complexity index is 1160. The number of carbonyl (C=O) groups is 3. The molecule has 0 bridgehead atoms. The number of ketones is 1. The number of benzene rings is 3. The predicted octanol–water partition coefficient (Wildman–Crippen LogP) is 5.52. The fourth-order valence-corrected chi connectivity index (χ4v) is 3.82. The molecule has 0 N–H and O–H groups in total. The third kappa shape index (κ3) is 4.62. The van der Waals surface area contributed by atoms with E-state index < -0.39 is 11.9 Å². The van der Waals surface area contributed by atoms with Gasteiger partial charge in [-0.3, -0.25) is 4.79 Å². The number of fused-ring (bicyclic) bond motifs is 1. The molecular formula is C27H24O5. The summed E-state index contributed by atoms with van der Waals surface area (Å²) in [6.07, 6.45) is 1.27. The van der Waals surface area contributed by atoms with Crippen molar-refractivity contribution in [2.75, 3.05) is 0 Å². The molecule has 0 heterocycles. The average Bonchev–Trinajstić information content (AvgIpc) is 2.81. The zero-order valence-corrected chi connectivity index (χ0v) is 18.1. The van der Waals surface area contributed by atoms with E-state index in [0.29, 0.717) is 28.9 Å². The number of esters is 2. The predicted molar refractivity (Wildman–Crippen MR) is 120 cm³/mol. The minimum Gasteiger partial charge on any atom is -0.457 e. The second-order valence-electron chi connectivity index (χ2n) is 8.54. The molecule has 0 aromatic heterocycles. The van der Waals surface area contributed by atoms with Crippen molar-refractivity contribution < 1.29 is 23.9 Å². The Morgan fingerprint density at radius 3 is 2.28 bits per heavy atom. The van der Waals surface area contributed by atoms with Gasteiger partial charge in [-0.1, -0.05) is 50.2 Å². The zero-order valence-electron chi connectivity index (χ0n) is 18.1. The highest BCUT2D eigenvalue weighted by molar-refractivity contribution is 6.02. The van der Waals surface area contributed by atoms with E-state index in [4.69, 9.17) is 9.47 Å². The molecule has 0 saturated carbocycles. The van der Waals surface area contributed by atoms with Crippen molar-refractivity contribution in [3.63, 3.8) is 0 Å². The van der Waals surface area contributed by atoms with Crippen molar-refractivity contribution >= 4 is 17.7 Å². The monoisotopic (exact) mass is 428 g/mol. The number of hydrogen-bond acceptors (Lipinski definition) is 5. The van der Waals surface area contributed by atoms with E-state index in [9.17, 15) is 14.4 Å². The number of carbonyl (C=O) groups excluding carboxylic acids is 3. The Morgan fingerprint density at radius 1 is 0.875 bits per heavy atom. The summed E-state index contributed by atoms with van der Waals surface area (Å²) >= 11 is 0. The van der Waals surface area contributed by atoms with Crippen molar-refractivity contribution in [1.82, 2.24) is 0 Å². The summed E-state index contributed by atoms with van der Waals surface area (Å²) in [5.41, 5.74) is 3.04. The van der Waals surface area contributed by atoms with Gasteiger partial charge in [-0.25, -0.2) is 9.59 Å². The molecular weight excluding hydrogens is 404 g/mol. The normalized spacial score (nSPS) is 14.4. The summed E-state index contributed by atoms with van der Waals surface area (Å²) in [4.78, 5) is 37.2. The first kappa shape index (κ1) is 21.5. The topological polar surface area (TPSA) is 69.7 Å². The fraction of sp³-hybridized carbons (Fsp3) is 0.222. The molecule has 0 radical (unpaired) electrons. The molecule has 162 valence electrons. The van der Waals surface area contributed by atoms with E-state index in [2.05, 4.69) is 13.8 Å². The molecule has 3 aromatic rings. The number of hydrogen-bond donors (Lipinski definition) is 0. The maximum atomic E-state index is 12.6. The smallest absolute Gasteiger partial charge is 0.343 e. The summed E-state index contributed by atoms with van der Waals surface area (Å²) in [5.74, 6) is -0.655. The Balaban J connectivity index is 1.41. The molecule has 3 aromatic carbocycles. The van der Waals surface area contributed by atoms with Crippen molar-refractivity contribution in [3.8, 4) is 5.75 Å². The van der Waals surface area contributed by atoms with Crippen LogP contribution in [0.25, 0.3) is 0 Å². The first-order valence-corrected chi connectivity index (χ1v) is 10.5. The Kier molecular flexibility index (Phi) is 5.91. The molecule has 0 atom stereocenters. The van der Waals surface area contributed by atoms with Crippen LogP contribution < -0.4 is 4.74 Å². The van der Waals surface area contributed by atoms with E-state index >= 15 is 0 Å². The molecule has 1 aliphatic carbocycles. The van der Waals surface area contributed by atoms with E-state index in [1.54, 1.807) is 36.4 Å². The quantitative estimate of drug-likeness (QED) is 0.395. The summed E-state index contributed by atoms with van der Waals surface area (Å²) in [5, 5.41) is 0. The lowest BCUT2D eigenvalue weighted by atomic mass is 9.72. The summed E-state index contributed by atoms with van der Waals surface area (Å²) in [6, 6.07) is 20.8. The van der Waals surface area contributed by atoms with Crippen molar-refractivity contribution in [2.24, 2.45) is 0 Å². The Labute approximate surface area is 187 Å². The molecule has 4 rings (SSSR count). The van der Waals surface area contributed by atoms with Crippen LogP contribution >= 0.6 is 0 Å². The first-order valence-electron chi connectivity index (χ1n) is 10.5. The van der Waals surface area contributed by atoms with Gasteiger partial charge in [0, 0.05) is 12.0 Å². The van der Waals surface area contributed by atoms with Gasteiger partial charge >= 0.3 is 11.9 Å². The van der Waals surface area contributed by atoms with Gasteiger partial charge in [0.1, 0.15) is 12.4 Å². The molecule has 0 spiro atoms. The van der Waals surface area contributed by atoms with Gasteiger partial charge in [-0.05, 0) is 59.4 Å². The van der Waals surface area contributed by atoms with Crippen LogP contribution in [0.2, 0.25) is 0 Å². The highest BCUT2D eigenvalue weighted by Crippen LogP contribution is 2.37. The van der Waals surface area contributed by atoms with Crippen LogP contribution in [0.3, 0.4) is 0 Å². The zero-order chi connectivity index (χ0) is 22.7. The second-order valence-corrected chi connectivity index (χ2v) is 8.54. The molecule has 1 aliphatic rings. The second kappa shape index (κ2) is 8.79. The van der Waals surface area contributed by atoms with Crippen LogP contribution in [0.4, 0.5) is 0 Å². The Hall–Kier alpha value is -3.73.